The van der Waals surface area contributed by atoms with Gasteiger partial charge >= 0.3 is 0 Å². The molecule has 0 amide bonds. The number of hydrogen-bond donors (Lipinski definition) is 0. The van der Waals surface area contributed by atoms with Crippen LogP contribution in [0, 0.1) is 13.5 Å². The summed E-state index contributed by atoms with van der Waals surface area (Å²) in [5.41, 5.74) is 4.27. The molecule has 1 saturated heterocycles. The summed E-state index contributed by atoms with van der Waals surface area (Å²) in [6, 6.07) is 13.8. The molecule has 4 heterocycles. The molecule has 0 N–H and O–H groups in total. The van der Waals surface area contributed by atoms with Crippen LogP contribution >= 0.6 is 15.9 Å². The summed E-state index contributed by atoms with van der Waals surface area (Å²) in [5, 5.41) is 1.11. The smallest absolute Gasteiger partial charge is 0.270 e. The second-order valence-electron chi connectivity index (χ2n) is 9.07. The lowest BCUT2D eigenvalue weighted by atomic mass is 10.1. The molecule has 0 radical (unpaired) electrons. The van der Waals surface area contributed by atoms with Gasteiger partial charge in [-0.2, -0.15) is 0 Å². The molecule has 1 fully saturated rings. The predicted molar refractivity (Wildman–Crippen MR) is 141 cm³/mol. The summed E-state index contributed by atoms with van der Waals surface area (Å²) in [6.45, 7) is 15.2. The quantitative estimate of drug-likeness (QED) is 0.342. The zero-order valence-corrected chi connectivity index (χ0v) is 21.2. The van der Waals surface area contributed by atoms with Crippen molar-refractivity contribution in [1.82, 2.24) is 14.5 Å². The second kappa shape index (κ2) is 8.41. The van der Waals surface area contributed by atoms with Crippen LogP contribution in [0.25, 0.3) is 26.8 Å². The Hall–Kier alpha value is -3.44. The first-order chi connectivity index (χ1) is 16.3. The van der Waals surface area contributed by atoms with Crippen LogP contribution in [0.2, 0.25) is 0 Å². The van der Waals surface area contributed by atoms with Crippen LogP contribution in [0.1, 0.15) is 19.4 Å². The van der Waals surface area contributed by atoms with E-state index in [2.05, 4.69) is 80.6 Å². The lowest BCUT2D eigenvalue weighted by Crippen LogP contribution is -2.57. The molecule has 4 aromatic rings. The Morgan fingerprint density at radius 3 is 2.50 bits per heavy atom. The number of aryl methyl sites for hydroxylation is 2. The summed E-state index contributed by atoms with van der Waals surface area (Å²) in [7, 11) is 1.74. The molecular weight excluding hydrogens is 492 g/mol. The van der Waals surface area contributed by atoms with E-state index in [1.165, 1.54) is 5.56 Å². The second-order valence-corrected chi connectivity index (χ2v) is 9.92. The summed E-state index contributed by atoms with van der Waals surface area (Å²) in [6.07, 6.45) is 0. The van der Waals surface area contributed by atoms with Crippen LogP contribution in [0.3, 0.4) is 0 Å². The predicted octanol–water partition coefficient (Wildman–Crippen LogP) is 5.21. The minimum Gasteiger partial charge on any atom is -0.361 e. The van der Waals surface area contributed by atoms with Gasteiger partial charge in [0.15, 0.2) is 0 Å². The fourth-order valence-electron chi connectivity index (χ4n) is 4.85. The molecule has 2 atom stereocenters. The molecule has 8 heteroatoms. The first-order valence-electron chi connectivity index (χ1n) is 11.2. The molecule has 1 aromatic carbocycles. The van der Waals surface area contributed by atoms with E-state index in [0.29, 0.717) is 17.9 Å². The third-order valence-corrected chi connectivity index (χ3v) is 7.24. The zero-order chi connectivity index (χ0) is 24.1. The van der Waals surface area contributed by atoms with E-state index in [1.54, 1.807) is 23.7 Å². The first kappa shape index (κ1) is 22.4. The molecule has 0 spiro atoms. The van der Waals surface area contributed by atoms with E-state index in [4.69, 9.17) is 11.6 Å². The number of halogens is 1. The molecule has 7 nitrogen and oxygen atoms in total. The van der Waals surface area contributed by atoms with Crippen LogP contribution in [0.15, 0.2) is 51.7 Å². The van der Waals surface area contributed by atoms with Crippen molar-refractivity contribution >= 4 is 55.2 Å². The Morgan fingerprint density at radius 2 is 1.74 bits per heavy atom. The number of hydrogen-bond acceptors (Lipinski definition) is 5. The number of benzene rings is 1. The molecule has 0 bridgehead atoms. The van der Waals surface area contributed by atoms with Gasteiger partial charge in [-0.1, -0.05) is 6.57 Å². The van der Waals surface area contributed by atoms with Crippen LogP contribution < -0.4 is 15.4 Å². The van der Waals surface area contributed by atoms with Crippen LogP contribution in [0.4, 0.5) is 17.3 Å². The van der Waals surface area contributed by atoms with Crippen molar-refractivity contribution in [1.29, 1.82) is 0 Å². The summed E-state index contributed by atoms with van der Waals surface area (Å²) >= 11 is 3.67. The number of nitrogens with zero attached hydrogens (tertiary/aromatic N) is 6. The molecule has 1 aliphatic rings. The average molecular weight is 517 g/mol. The van der Waals surface area contributed by atoms with Crippen molar-refractivity contribution in [2.75, 3.05) is 22.9 Å². The maximum Gasteiger partial charge on any atom is 0.270 e. The number of rotatable bonds is 2. The maximum atomic E-state index is 12.7. The van der Waals surface area contributed by atoms with E-state index in [9.17, 15) is 4.79 Å². The highest BCUT2D eigenvalue weighted by atomic mass is 79.9. The molecule has 3 aromatic heterocycles. The molecule has 0 saturated carbocycles. The van der Waals surface area contributed by atoms with Crippen LogP contribution in [-0.2, 0) is 7.05 Å². The largest absolute Gasteiger partial charge is 0.361 e. The molecule has 5 rings (SSSR count). The third kappa shape index (κ3) is 3.70. The number of aromatic nitrogens is 3. The number of anilines is 2. The molecule has 1 aliphatic heterocycles. The number of piperazine rings is 1. The van der Waals surface area contributed by atoms with Crippen LogP contribution in [-0.4, -0.2) is 39.7 Å². The fourth-order valence-corrected chi connectivity index (χ4v) is 5.53. The van der Waals surface area contributed by atoms with Crippen molar-refractivity contribution in [3.63, 3.8) is 0 Å². The Balaban J connectivity index is 1.53. The van der Waals surface area contributed by atoms with Gasteiger partial charge in [-0.05, 0) is 78.7 Å². The van der Waals surface area contributed by atoms with Gasteiger partial charge in [0.2, 0.25) is 5.52 Å². The summed E-state index contributed by atoms with van der Waals surface area (Å²) in [5.74, 6) is 1.27. The third-order valence-electron chi connectivity index (χ3n) is 6.63. The maximum absolute atomic E-state index is 12.7. The van der Waals surface area contributed by atoms with Gasteiger partial charge in [0.25, 0.3) is 11.4 Å². The minimum atomic E-state index is -0.0847. The SMILES string of the molecule is [C-]#[N+]c1ccc2c(n1)c(N1C[C@@H](C)N(c3ccc4cc(C)cc(Br)c4n3)C[C@@H]1C)cc(=O)n2C. The highest BCUT2D eigenvalue weighted by molar-refractivity contribution is 9.10. The van der Waals surface area contributed by atoms with Gasteiger partial charge < -0.3 is 19.2 Å². The zero-order valence-electron chi connectivity index (χ0n) is 19.6. The van der Waals surface area contributed by atoms with E-state index in [1.807, 2.05) is 6.07 Å². The fraction of sp³-hybridized carbons (Fsp3) is 0.308. The highest BCUT2D eigenvalue weighted by Crippen LogP contribution is 2.32. The first-order valence-corrected chi connectivity index (χ1v) is 12.0. The number of pyridine rings is 3. The van der Waals surface area contributed by atoms with E-state index < -0.39 is 0 Å². The van der Waals surface area contributed by atoms with Crippen molar-refractivity contribution < 1.29 is 0 Å². The normalized spacial score (nSPS) is 18.5. The van der Waals surface area contributed by atoms with Crippen molar-refractivity contribution in [2.45, 2.75) is 32.9 Å². The van der Waals surface area contributed by atoms with Gasteiger partial charge in [-0.15, -0.1) is 4.98 Å². The number of fused-ring (bicyclic) bond motifs is 2. The Bertz CT molecular complexity index is 1540. The lowest BCUT2D eigenvalue weighted by molar-refractivity contribution is 0.478. The molecule has 34 heavy (non-hydrogen) atoms. The van der Waals surface area contributed by atoms with Gasteiger partial charge in [-0.3, -0.25) is 4.79 Å². The Kier molecular flexibility index (Phi) is 5.53. The van der Waals surface area contributed by atoms with E-state index in [-0.39, 0.29) is 17.6 Å². The van der Waals surface area contributed by atoms with Gasteiger partial charge in [0, 0.05) is 48.1 Å². The highest BCUT2D eigenvalue weighted by Gasteiger charge is 2.32. The minimum absolute atomic E-state index is 0.0847. The Labute approximate surface area is 206 Å². The van der Waals surface area contributed by atoms with E-state index >= 15 is 0 Å². The summed E-state index contributed by atoms with van der Waals surface area (Å²) in [4.78, 5) is 30.3. The van der Waals surface area contributed by atoms with Gasteiger partial charge in [0.05, 0.1) is 16.7 Å². The lowest BCUT2D eigenvalue weighted by Gasteiger charge is -2.45. The topological polar surface area (TPSA) is 58.6 Å². The standard InChI is InChI=1S/C26H25BrN6O/c1-15-10-18-6-9-23(30-25(18)19(27)11-15)33-14-16(2)32(13-17(33)3)21-12-24(34)31(5)20-7-8-22(28-4)29-26(20)21/h6-12,16-17H,13-14H2,1-3,5H3/t16-,17+/m0/s1. The molecule has 0 aliphatic carbocycles. The summed E-state index contributed by atoms with van der Waals surface area (Å²) < 4.78 is 2.58. The molecular formula is C26H25BrN6O. The van der Waals surface area contributed by atoms with Crippen molar-refractivity contribution in [3.05, 3.63) is 74.3 Å². The van der Waals surface area contributed by atoms with E-state index in [0.717, 1.165) is 38.9 Å². The van der Waals surface area contributed by atoms with Crippen molar-refractivity contribution in [3.8, 4) is 0 Å². The molecule has 0 unspecified atom stereocenters. The average Bonchev–Trinajstić information content (AvgIpc) is 2.82. The molecule has 172 valence electrons. The van der Waals surface area contributed by atoms with Gasteiger partial charge in [0.1, 0.15) is 5.82 Å². The van der Waals surface area contributed by atoms with Gasteiger partial charge in [-0.25, -0.2) is 4.98 Å². The Morgan fingerprint density at radius 1 is 1.00 bits per heavy atom. The van der Waals surface area contributed by atoms with Crippen LogP contribution in [0.5, 0.6) is 0 Å². The monoisotopic (exact) mass is 516 g/mol. The van der Waals surface area contributed by atoms with Crippen molar-refractivity contribution in [2.24, 2.45) is 7.05 Å².